The molecule has 0 rings (SSSR count). The van der Waals surface area contributed by atoms with Crippen LogP contribution in [0, 0.1) is 0 Å². The van der Waals surface area contributed by atoms with Gasteiger partial charge in [-0.05, 0) is 6.92 Å². The van der Waals surface area contributed by atoms with Gasteiger partial charge >= 0.3 is 0 Å². The fraction of sp³-hybridized carbons (Fsp3) is 1.00. The molecule has 4 nitrogen and oxygen atoms in total. The average Bonchev–Trinajstić information content (AvgIpc) is 1.81. The van der Waals surface area contributed by atoms with Crippen molar-refractivity contribution in [1.82, 2.24) is 0 Å². The first kappa shape index (κ1) is 16.6. The number of hydrogen-bond acceptors (Lipinski definition) is 3. The monoisotopic (exact) mass is 227 g/mol. The van der Waals surface area contributed by atoms with Crippen molar-refractivity contribution in [2.75, 3.05) is 34.3 Å². The normalized spacial score (nSPS) is 15.9. The highest BCUT2D eigenvalue weighted by Crippen LogP contribution is 2.00. The molecule has 2 unspecified atom stereocenters. The second-order valence-corrected chi connectivity index (χ2v) is 4.42. The van der Waals surface area contributed by atoms with E-state index in [2.05, 4.69) is 21.1 Å². The molecule has 0 aliphatic rings. The third-order valence-corrected chi connectivity index (χ3v) is 1.62. The molecule has 0 aromatic heterocycles. The van der Waals surface area contributed by atoms with E-state index in [1.165, 1.54) is 0 Å². The molecular weight excluding hydrogens is 206 g/mol. The molecule has 0 radical (unpaired) electrons. The summed E-state index contributed by atoms with van der Waals surface area (Å²) >= 11 is 0. The number of quaternary nitrogens is 1. The zero-order chi connectivity index (χ0) is 10.5. The van der Waals surface area contributed by atoms with Gasteiger partial charge in [-0.15, -0.1) is 0 Å². The highest BCUT2D eigenvalue weighted by molar-refractivity contribution is 4.49. The molecule has 0 fully saturated rings. The molecule has 14 heavy (non-hydrogen) atoms. The van der Waals surface area contributed by atoms with Crippen molar-refractivity contribution in [1.29, 1.82) is 0 Å². The Balaban J connectivity index is 0. The number of aliphatic hydroxyl groups excluding tert-OH is 2. The number of likely N-dealkylation sites (N-methyl/N-ethyl adjacent to an activating group) is 1. The molecule has 5 heteroatoms. The number of ether oxygens (including phenoxy) is 1. The van der Waals surface area contributed by atoms with Crippen molar-refractivity contribution in [3.05, 3.63) is 0 Å². The molecule has 0 spiro atoms. The van der Waals surface area contributed by atoms with Gasteiger partial charge in [0.1, 0.15) is 6.54 Å². The van der Waals surface area contributed by atoms with Crippen LogP contribution in [-0.4, -0.2) is 61.4 Å². The Labute approximate surface area is 92.5 Å². The van der Waals surface area contributed by atoms with Crippen LogP contribution in [0.4, 0.5) is 0 Å². The van der Waals surface area contributed by atoms with E-state index >= 15 is 0 Å². The van der Waals surface area contributed by atoms with E-state index in [0.717, 1.165) is 11.0 Å². The van der Waals surface area contributed by atoms with Crippen LogP contribution in [0.3, 0.4) is 0 Å². The molecule has 0 amide bonds. The third kappa shape index (κ3) is 12.1. The van der Waals surface area contributed by atoms with Gasteiger partial charge in [-0.3, -0.25) is 0 Å². The van der Waals surface area contributed by atoms with Crippen LogP contribution in [0.15, 0.2) is 0 Å². The van der Waals surface area contributed by atoms with Crippen LogP contribution < -0.4 is 12.4 Å². The predicted molar refractivity (Wildman–Crippen MR) is 51.2 cm³/mol. The van der Waals surface area contributed by atoms with Crippen LogP contribution in [0.2, 0.25) is 0 Å². The first-order valence-electron chi connectivity index (χ1n) is 4.59. The van der Waals surface area contributed by atoms with Gasteiger partial charge in [-0.2, -0.15) is 0 Å². The first-order valence-corrected chi connectivity index (χ1v) is 4.59. The molecule has 0 saturated carbocycles. The van der Waals surface area contributed by atoms with Crippen LogP contribution >= 0.6 is 0 Å². The molecule has 0 aromatic rings. The fourth-order valence-electron chi connectivity index (χ4n) is 0.822. The minimum atomic E-state index is -0.841. The lowest BCUT2D eigenvalue weighted by Crippen LogP contribution is -3.00. The SMILES string of the molecule is CC(O)CC(O)OCC[N+](C)(C)C.[Cl-]. The molecule has 0 aliphatic heterocycles. The van der Waals surface area contributed by atoms with E-state index in [4.69, 9.17) is 9.84 Å². The lowest BCUT2D eigenvalue weighted by Gasteiger charge is -2.24. The van der Waals surface area contributed by atoms with Crippen molar-refractivity contribution in [2.45, 2.75) is 25.7 Å². The largest absolute Gasteiger partial charge is 1.00 e. The quantitative estimate of drug-likeness (QED) is 0.371. The molecule has 2 N–H and O–H groups in total. The van der Waals surface area contributed by atoms with Gasteiger partial charge in [0.2, 0.25) is 0 Å². The Morgan fingerprint density at radius 1 is 1.21 bits per heavy atom. The Bertz CT molecular complexity index is 137. The van der Waals surface area contributed by atoms with Crippen molar-refractivity contribution in [3.63, 3.8) is 0 Å². The minimum Gasteiger partial charge on any atom is -1.00 e. The smallest absolute Gasteiger partial charge is 0.157 e. The lowest BCUT2D eigenvalue weighted by molar-refractivity contribution is -0.871. The second-order valence-electron chi connectivity index (χ2n) is 4.42. The predicted octanol–water partition coefficient (Wildman–Crippen LogP) is -3.20. The molecular formula is C9H22ClNO3. The summed E-state index contributed by atoms with van der Waals surface area (Å²) in [5, 5.41) is 18.2. The number of aliphatic hydroxyl groups is 2. The van der Waals surface area contributed by atoms with E-state index in [-0.39, 0.29) is 18.8 Å². The summed E-state index contributed by atoms with van der Waals surface area (Å²) in [5.74, 6) is 0. The number of nitrogens with zero attached hydrogens (tertiary/aromatic N) is 1. The molecule has 0 heterocycles. The minimum absolute atomic E-state index is 0. The van der Waals surface area contributed by atoms with E-state index < -0.39 is 12.4 Å². The number of halogens is 1. The van der Waals surface area contributed by atoms with Crippen LogP contribution in [0.1, 0.15) is 13.3 Å². The lowest BCUT2D eigenvalue weighted by atomic mass is 10.3. The van der Waals surface area contributed by atoms with Crippen LogP contribution in [0.25, 0.3) is 0 Å². The second kappa shape index (κ2) is 7.43. The fourth-order valence-corrected chi connectivity index (χ4v) is 0.822. The summed E-state index contributed by atoms with van der Waals surface area (Å²) in [6.07, 6.45) is -1.08. The molecule has 2 atom stereocenters. The van der Waals surface area contributed by atoms with E-state index in [9.17, 15) is 5.11 Å². The van der Waals surface area contributed by atoms with Gasteiger partial charge in [0.05, 0.1) is 33.9 Å². The molecule has 0 aromatic carbocycles. The Hall–Kier alpha value is 0.130. The highest BCUT2D eigenvalue weighted by Gasteiger charge is 2.11. The number of hydrogen-bond donors (Lipinski definition) is 2. The van der Waals surface area contributed by atoms with Crippen LogP contribution in [-0.2, 0) is 4.74 Å². The van der Waals surface area contributed by atoms with Gasteiger partial charge < -0.3 is 31.8 Å². The van der Waals surface area contributed by atoms with Gasteiger partial charge in [0.25, 0.3) is 0 Å². The highest BCUT2D eigenvalue weighted by atomic mass is 35.5. The average molecular weight is 228 g/mol. The molecule has 0 aliphatic carbocycles. The Kier molecular flexibility index (Phi) is 8.78. The summed E-state index contributed by atoms with van der Waals surface area (Å²) < 4.78 is 5.92. The van der Waals surface area contributed by atoms with E-state index in [0.29, 0.717) is 6.61 Å². The molecule has 88 valence electrons. The summed E-state index contributed by atoms with van der Waals surface area (Å²) in [6, 6.07) is 0. The van der Waals surface area contributed by atoms with Gasteiger partial charge in [0, 0.05) is 6.42 Å². The zero-order valence-corrected chi connectivity index (χ0v) is 10.2. The summed E-state index contributed by atoms with van der Waals surface area (Å²) in [7, 11) is 6.18. The summed E-state index contributed by atoms with van der Waals surface area (Å²) in [6.45, 7) is 2.99. The van der Waals surface area contributed by atoms with Crippen molar-refractivity contribution < 1.29 is 31.8 Å². The summed E-state index contributed by atoms with van der Waals surface area (Å²) in [5.41, 5.74) is 0. The molecule has 0 bridgehead atoms. The topological polar surface area (TPSA) is 49.7 Å². The Morgan fingerprint density at radius 3 is 2.07 bits per heavy atom. The Morgan fingerprint density at radius 2 is 1.71 bits per heavy atom. The van der Waals surface area contributed by atoms with Crippen LogP contribution in [0.5, 0.6) is 0 Å². The molecule has 0 saturated heterocycles. The van der Waals surface area contributed by atoms with Gasteiger partial charge in [-0.25, -0.2) is 0 Å². The van der Waals surface area contributed by atoms with Crippen molar-refractivity contribution in [2.24, 2.45) is 0 Å². The van der Waals surface area contributed by atoms with Crippen molar-refractivity contribution >= 4 is 0 Å². The maximum atomic E-state index is 9.23. The summed E-state index contributed by atoms with van der Waals surface area (Å²) in [4.78, 5) is 0. The first-order chi connectivity index (χ1) is 5.81. The third-order valence-electron chi connectivity index (χ3n) is 1.62. The van der Waals surface area contributed by atoms with E-state index in [1.54, 1.807) is 6.92 Å². The number of rotatable bonds is 6. The van der Waals surface area contributed by atoms with Gasteiger partial charge in [0.15, 0.2) is 6.29 Å². The maximum absolute atomic E-state index is 9.23. The standard InChI is InChI=1S/C9H22NO3.ClH/c1-8(11)7-9(12)13-6-5-10(2,3)4;/h8-9,11-12H,5-7H2,1-4H3;1H/q+1;/p-1. The van der Waals surface area contributed by atoms with E-state index in [1.807, 2.05) is 0 Å². The maximum Gasteiger partial charge on any atom is 0.157 e. The van der Waals surface area contributed by atoms with Crippen molar-refractivity contribution in [3.8, 4) is 0 Å². The zero-order valence-electron chi connectivity index (χ0n) is 9.40. The van der Waals surface area contributed by atoms with Gasteiger partial charge in [-0.1, -0.05) is 0 Å².